The number of nitrogens with zero attached hydrogens (tertiary/aromatic N) is 3. The van der Waals surface area contributed by atoms with Crippen LogP contribution in [0.5, 0.6) is 0 Å². The molecule has 18 heavy (non-hydrogen) atoms. The van der Waals surface area contributed by atoms with Crippen molar-refractivity contribution in [2.75, 3.05) is 5.32 Å². The summed E-state index contributed by atoms with van der Waals surface area (Å²) >= 11 is 5.90. The van der Waals surface area contributed by atoms with Gasteiger partial charge in [-0.1, -0.05) is 18.5 Å². The van der Waals surface area contributed by atoms with Crippen LogP contribution in [0.25, 0.3) is 0 Å². The zero-order valence-corrected chi connectivity index (χ0v) is 11.1. The maximum absolute atomic E-state index is 11.0. The first kappa shape index (κ1) is 13.0. The first-order valence-electron chi connectivity index (χ1n) is 6.01. The average molecular weight is 271 g/mol. The van der Waals surface area contributed by atoms with Gasteiger partial charge in [-0.05, 0) is 26.2 Å². The maximum Gasteiger partial charge on any atom is 0.348 e. The molecule has 0 radical (unpaired) electrons. The van der Waals surface area contributed by atoms with Crippen LogP contribution in [-0.4, -0.2) is 20.9 Å². The predicted octanol–water partition coefficient (Wildman–Crippen LogP) is 3.13. The number of anilines is 1. The Kier molecular flexibility index (Phi) is 3.65. The van der Waals surface area contributed by atoms with E-state index < -0.39 is 4.92 Å². The van der Waals surface area contributed by atoms with E-state index in [1.54, 1.807) is 0 Å². The molecule has 0 amide bonds. The van der Waals surface area contributed by atoms with Crippen molar-refractivity contribution in [3.8, 4) is 0 Å². The van der Waals surface area contributed by atoms with Crippen LogP contribution in [0.1, 0.15) is 44.9 Å². The third-order valence-corrected chi connectivity index (χ3v) is 3.24. The Morgan fingerprint density at radius 2 is 2.22 bits per heavy atom. The van der Waals surface area contributed by atoms with E-state index in [1.807, 2.05) is 13.8 Å². The summed E-state index contributed by atoms with van der Waals surface area (Å²) in [5.41, 5.74) is -0.235. The van der Waals surface area contributed by atoms with Gasteiger partial charge in [-0.15, -0.1) is 0 Å². The number of nitro groups is 1. The van der Waals surface area contributed by atoms with Gasteiger partial charge in [0.2, 0.25) is 11.0 Å². The molecule has 0 spiro atoms. The van der Waals surface area contributed by atoms with Crippen LogP contribution in [-0.2, 0) is 0 Å². The highest BCUT2D eigenvalue weighted by molar-refractivity contribution is 6.31. The zero-order chi connectivity index (χ0) is 13.3. The van der Waals surface area contributed by atoms with Gasteiger partial charge < -0.3 is 5.32 Å². The lowest BCUT2D eigenvalue weighted by atomic mass is 10.2. The summed E-state index contributed by atoms with van der Waals surface area (Å²) in [4.78, 5) is 18.8. The summed E-state index contributed by atoms with van der Waals surface area (Å²) in [7, 11) is 0. The summed E-state index contributed by atoms with van der Waals surface area (Å²) in [5, 5.41) is 14.0. The van der Waals surface area contributed by atoms with Crippen molar-refractivity contribution < 1.29 is 4.92 Å². The fourth-order valence-corrected chi connectivity index (χ4v) is 1.81. The van der Waals surface area contributed by atoms with Gasteiger partial charge in [0.15, 0.2) is 0 Å². The van der Waals surface area contributed by atoms with Gasteiger partial charge in [-0.3, -0.25) is 10.1 Å². The zero-order valence-electron chi connectivity index (χ0n) is 10.3. The van der Waals surface area contributed by atoms with Crippen molar-refractivity contribution in [2.45, 2.75) is 45.1 Å². The standard InChI is InChI=1S/C11H15ClN4O2/c1-3-6(2)13-11-8(16(17)18)9(12)14-10(15-11)7-4-5-7/h6-7H,3-5H2,1-2H3,(H,13,14,15). The molecule has 0 bridgehead atoms. The highest BCUT2D eigenvalue weighted by atomic mass is 35.5. The number of hydrogen-bond acceptors (Lipinski definition) is 5. The minimum Gasteiger partial charge on any atom is -0.362 e. The normalized spacial score (nSPS) is 16.4. The number of rotatable bonds is 5. The van der Waals surface area contributed by atoms with Gasteiger partial charge in [-0.25, -0.2) is 9.97 Å². The maximum atomic E-state index is 11.0. The molecule has 1 aliphatic carbocycles. The van der Waals surface area contributed by atoms with Gasteiger partial charge in [0.1, 0.15) is 5.82 Å². The summed E-state index contributed by atoms with van der Waals surface area (Å²) in [5.74, 6) is 1.15. The molecule has 0 saturated heterocycles. The van der Waals surface area contributed by atoms with E-state index >= 15 is 0 Å². The second-order valence-electron chi connectivity index (χ2n) is 4.55. The minimum atomic E-state index is -0.538. The highest BCUT2D eigenvalue weighted by Crippen LogP contribution is 2.41. The van der Waals surface area contributed by atoms with Crippen LogP contribution in [0.3, 0.4) is 0 Å². The van der Waals surface area contributed by atoms with Gasteiger partial charge in [-0.2, -0.15) is 0 Å². The Morgan fingerprint density at radius 3 is 2.72 bits per heavy atom. The van der Waals surface area contributed by atoms with Crippen molar-refractivity contribution in [3.63, 3.8) is 0 Å². The van der Waals surface area contributed by atoms with Crippen LogP contribution in [0.4, 0.5) is 11.5 Å². The number of aromatic nitrogens is 2. The van der Waals surface area contributed by atoms with Crippen molar-refractivity contribution in [1.82, 2.24) is 9.97 Å². The van der Waals surface area contributed by atoms with E-state index in [2.05, 4.69) is 15.3 Å². The highest BCUT2D eigenvalue weighted by Gasteiger charge is 2.31. The third kappa shape index (κ3) is 2.69. The Hall–Kier alpha value is -1.43. The van der Waals surface area contributed by atoms with Gasteiger partial charge in [0, 0.05) is 12.0 Å². The molecule has 0 aromatic carbocycles. The molecule has 1 fully saturated rings. The quantitative estimate of drug-likeness (QED) is 0.505. The lowest BCUT2D eigenvalue weighted by molar-refractivity contribution is -0.384. The van der Waals surface area contributed by atoms with E-state index in [4.69, 9.17) is 11.6 Å². The van der Waals surface area contributed by atoms with E-state index in [-0.39, 0.29) is 22.7 Å². The van der Waals surface area contributed by atoms with Crippen molar-refractivity contribution >= 4 is 23.1 Å². The Balaban J connectivity index is 2.40. The number of nitrogens with one attached hydrogen (secondary N) is 1. The van der Waals surface area contributed by atoms with Crippen LogP contribution < -0.4 is 5.32 Å². The lowest BCUT2D eigenvalue weighted by Crippen LogP contribution is -2.17. The minimum absolute atomic E-state index is 0.0808. The molecular formula is C11H15ClN4O2. The molecule has 1 aromatic rings. The Bertz CT molecular complexity index is 476. The van der Waals surface area contributed by atoms with Crippen LogP contribution in [0.2, 0.25) is 5.15 Å². The van der Waals surface area contributed by atoms with Crippen molar-refractivity contribution in [2.24, 2.45) is 0 Å². The monoisotopic (exact) mass is 270 g/mol. The fourth-order valence-electron chi connectivity index (χ4n) is 1.57. The van der Waals surface area contributed by atoms with E-state index in [1.165, 1.54) is 0 Å². The lowest BCUT2D eigenvalue weighted by Gasteiger charge is -2.13. The van der Waals surface area contributed by atoms with Crippen LogP contribution in [0.15, 0.2) is 0 Å². The van der Waals surface area contributed by atoms with Gasteiger partial charge >= 0.3 is 5.69 Å². The molecule has 1 heterocycles. The van der Waals surface area contributed by atoms with E-state index in [0.29, 0.717) is 11.7 Å². The second kappa shape index (κ2) is 5.06. The molecule has 1 N–H and O–H groups in total. The van der Waals surface area contributed by atoms with Crippen LogP contribution >= 0.6 is 11.6 Å². The molecule has 1 aromatic heterocycles. The van der Waals surface area contributed by atoms with Crippen molar-refractivity contribution in [3.05, 3.63) is 21.1 Å². The Labute approximate surface area is 110 Å². The number of halogens is 1. The van der Waals surface area contributed by atoms with Gasteiger partial charge in [0.05, 0.1) is 4.92 Å². The summed E-state index contributed by atoms with van der Waals surface area (Å²) in [6.45, 7) is 3.94. The first-order valence-corrected chi connectivity index (χ1v) is 6.39. The third-order valence-electron chi connectivity index (χ3n) is 2.98. The van der Waals surface area contributed by atoms with Crippen LogP contribution in [0, 0.1) is 10.1 Å². The summed E-state index contributed by atoms with van der Waals surface area (Å²) < 4.78 is 0. The molecule has 0 aliphatic heterocycles. The molecule has 2 rings (SSSR count). The molecule has 1 saturated carbocycles. The molecular weight excluding hydrogens is 256 g/mol. The van der Waals surface area contributed by atoms with Gasteiger partial charge in [0.25, 0.3) is 0 Å². The fraction of sp³-hybridized carbons (Fsp3) is 0.636. The topological polar surface area (TPSA) is 81.0 Å². The Morgan fingerprint density at radius 1 is 1.56 bits per heavy atom. The van der Waals surface area contributed by atoms with Crippen molar-refractivity contribution in [1.29, 1.82) is 0 Å². The molecule has 1 atom stereocenters. The second-order valence-corrected chi connectivity index (χ2v) is 4.91. The molecule has 1 aliphatic rings. The van der Waals surface area contributed by atoms with E-state index in [0.717, 1.165) is 19.3 Å². The molecule has 1 unspecified atom stereocenters. The van der Waals surface area contributed by atoms with E-state index in [9.17, 15) is 10.1 Å². The average Bonchev–Trinajstić information content (AvgIpc) is 3.11. The predicted molar refractivity (Wildman–Crippen MR) is 69.0 cm³/mol. The molecule has 6 nitrogen and oxygen atoms in total. The SMILES string of the molecule is CCC(C)Nc1nc(C2CC2)nc(Cl)c1[N+](=O)[O-]. The number of hydrogen-bond donors (Lipinski definition) is 1. The first-order chi connectivity index (χ1) is 8.52. The molecule has 7 heteroatoms. The smallest absolute Gasteiger partial charge is 0.348 e. The summed E-state index contributed by atoms with van der Waals surface area (Å²) in [6, 6.07) is 0.0988. The summed E-state index contributed by atoms with van der Waals surface area (Å²) in [6.07, 6.45) is 2.89. The largest absolute Gasteiger partial charge is 0.362 e. The molecule has 98 valence electrons.